The molecule has 7 nitrogen and oxygen atoms in total. The minimum Gasteiger partial charge on any atom is -0.392 e. The highest BCUT2D eigenvalue weighted by Gasteiger charge is 2.49. The van der Waals surface area contributed by atoms with Gasteiger partial charge in [0.05, 0.1) is 36.4 Å². The second-order valence-electron chi connectivity index (χ2n) is 15.5. The molecule has 3 aromatic carbocycles. The van der Waals surface area contributed by atoms with Gasteiger partial charge in [-0.1, -0.05) is 63.8 Å². The van der Waals surface area contributed by atoms with Crippen LogP contribution in [0, 0.1) is 11.3 Å². The summed E-state index contributed by atoms with van der Waals surface area (Å²) in [5.74, 6) is 0.0932. The van der Waals surface area contributed by atoms with E-state index in [0.717, 1.165) is 49.4 Å². The third kappa shape index (κ3) is 7.47. The summed E-state index contributed by atoms with van der Waals surface area (Å²) in [6.45, 7) is 9.06. The Morgan fingerprint density at radius 3 is 2.18 bits per heavy atom. The molecule has 8 heteroatoms. The average molecular weight is 687 g/mol. The van der Waals surface area contributed by atoms with Crippen LogP contribution in [-0.4, -0.2) is 69.5 Å². The Hall–Kier alpha value is -3.20. The van der Waals surface area contributed by atoms with Crippen molar-refractivity contribution in [1.82, 2.24) is 0 Å². The van der Waals surface area contributed by atoms with Gasteiger partial charge in [0.25, 0.3) is 5.91 Å². The van der Waals surface area contributed by atoms with Crippen LogP contribution in [0.2, 0.25) is 0 Å². The van der Waals surface area contributed by atoms with Crippen LogP contribution in [-0.2, 0) is 16.4 Å². The van der Waals surface area contributed by atoms with Gasteiger partial charge in [0.1, 0.15) is 6.54 Å². The highest BCUT2D eigenvalue weighted by Crippen LogP contribution is 2.50. The standard InChI is InChI=1S/C41H55N3O4S/c1-5-7-21-41(22-8-6-2)29-49(47,48)37-17-16-35(43(3)4)27-36(37)38(39(41)45)33-10-9-11-34(26-33)42-40(46)32-14-12-31(13-15-32)28-44-23-18-30(19-24-44)20-25-44/h9-17,26-27,30,38-39,45H,5-8,18-25,28-29H2,1-4H3/p+1/t30?,38-,39-,44?/m1/s1. The van der Waals surface area contributed by atoms with E-state index < -0.39 is 27.3 Å². The van der Waals surface area contributed by atoms with Gasteiger partial charge in [-0.25, -0.2) is 8.42 Å². The first-order valence-electron chi connectivity index (χ1n) is 18.6. The monoisotopic (exact) mass is 686 g/mol. The number of hydrogen-bond acceptors (Lipinski definition) is 5. The number of anilines is 2. The van der Waals surface area contributed by atoms with Crippen molar-refractivity contribution >= 4 is 27.1 Å². The van der Waals surface area contributed by atoms with Gasteiger partial charge in [-0.05, 0) is 91.6 Å². The lowest BCUT2D eigenvalue weighted by Gasteiger charge is -2.49. The van der Waals surface area contributed by atoms with E-state index in [1.165, 1.54) is 48.9 Å². The molecule has 3 fully saturated rings. The van der Waals surface area contributed by atoms with E-state index >= 15 is 0 Å². The number of piperidine rings is 3. The molecule has 264 valence electrons. The zero-order valence-corrected chi connectivity index (χ0v) is 30.8. The molecule has 0 aliphatic carbocycles. The number of quaternary nitrogens is 1. The fraction of sp³-hybridized carbons (Fsp3) is 0.537. The lowest BCUT2D eigenvalue weighted by Crippen LogP contribution is -2.57. The van der Waals surface area contributed by atoms with E-state index in [4.69, 9.17) is 0 Å². The lowest BCUT2D eigenvalue weighted by atomic mass is 9.68. The van der Waals surface area contributed by atoms with Crippen molar-refractivity contribution in [2.45, 2.75) is 95.1 Å². The third-order valence-electron chi connectivity index (χ3n) is 11.9. The number of carbonyl (C=O) groups excluding carboxylic acids is 1. The van der Waals surface area contributed by atoms with Gasteiger partial charge in [-0.3, -0.25) is 4.79 Å². The summed E-state index contributed by atoms with van der Waals surface area (Å²) in [5.41, 5.74) is 4.02. The number of benzene rings is 3. The minimum absolute atomic E-state index is 0.0705. The zero-order valence-electron chi connectivity index (χ0n) is 30.0. The van der Waals surface area contributed by atoms with Crippen molar-refractivity contribution < 1.29 is 22.8 Å². The Morgan fingerprint density at radius 1 is 0.918 bits per heavy atom. The first-order valence-corrected chi connectivity index (χ1v) is 20.2. The summed E-state index contributed by atoms with van der Waals surface area (Å²) >= 11 is 0. The number of hydrogen-bond donors (Lipinski definition) is 2. The molecule has 2 atom stereocenters. The summed E-state index contributed by atoms with van der Waals surface area (Å²) in [4.78, 5) is 15.8. The summed E-state index contributed by atoms with van der Waals surface area (Å²) in [6.07, 6.45) is 7.92. The predicted molar refractivity (Wildman–Crippen MR) is 199 cm³/mol. The molecule has 2 bridgehead atoms. The predicted octanol–water partition coefficient (Wildman–Crippen LogP) is 7.78. The maximum atomic E-state index is 14.2. The molecule has 4 aliphatic heterocycles. The molecule has 49 heavy (non-hydrogen) atoms. The first kappa shape index (κ1) is 35.6. The van der Waals surface area contributed by atoms with Crippen LogP contribution in [0.4, 0.5) is 11.4 Å². The topological polar surface area (TPSA) is 86.7 Å². The van der Waals surface area contributed by atoms with Crippen LogP contribution in [0.5, 0.6) is 0 Å². The quantitative estimate of drug-likeness (QED) is 0.190. The van der Waals surface area contributed by atoms with E-state index in [9.17, 15) is 18.3 Å². The van der Waals surface area contributed by atoms with E-state index in [1.54, 1.807) is 6.07 Å². The van der Waals surface area contributed by atoms with Gasteiger partial charge in [0.2, 0.25) is 0 Å². The fourth-order valence-corrected chi connectivity index (χ4v) is 11.1. The first-order chi connectivity index (χ1) is 23.5. The number of aliphatic hydroxyl groups is 1. The molecule has 3 aromatic rings. The highest BCUT2D eigenvalue weighted by atomic mass is 32.2. The molecule has 4 heterocycles. The van der Waals surface area contributed by atoms with E-state index in [1.807, 2.05) is 67.5 Å². The van der Waals surface area contributed by atoms with Gasteiger partial charge in [-0.15, -0.1) is 0 Å². The molecule has 3 saturated heterocycles. The Bertz CT molecular complexity index is 1710. The van der Waals surface area contributed by atoms with Crippen molar-refractivity contribution in [1.29, 1.82) is 0 Å². The number of fused-ring (bicyclic) bond motifs is 4. The van der Waals surface area contributed by atoms with Crippen LogP contribution in [0.15, 0.2) is 71.6 Å². The Morgan fingerprint density at radius 2 is 1.57 bits per heavy atom. The molecule has 0 aromatic heterocycles. The average Bonchev–Trinajstić information content (AvgIpc) is 3.17. The van der Waals surface area contributed by atoms with Crippen molar-refractivity contribution in [2.24, 2.45) is 11.3 Å². The number of amides is 1. The maximum Gasteiger partial charge on any atom is 0.255 e. The number of sulfone groups is 1. The normalized spacial score (nSPS) is 25.3. The van der Waals surface area contributed by atoms with Crippen LogP contribution in [0.25, 0.3) is 0 Å². The number of carbonyl (C=O) groups is 1. The van der Waals surface area contributed by atoms with Crippen molar-refractivity contribution in [3.8, 4) is 0 Å². The summed E-state index contributed by atoms with van der Waals surface area (Å²) in [5, 5.41) is 15.6. The zero-order chi connectivity index (χ0) is 34.8. The minimum atomic E-state index is -3.69. The van der Waals surface area contributed by atoms with Crippen LogP contribution in [0.1, 0.15) is 105 Å². The Kier molecular flexibility index (Phi) is 10.6. The molecule has 4 aliphatic rings. The van der Waals surface area contributed by atoms with E-state index in [-0.39, 0.29) is 11.7 Å². The smallest absolute Gasteiger partial charge is 0.255 e. The largest absolute Gasteiger partial charge is 0.392 e. The number of unbranched alkanes of at least 4 members (excludes halogenated alkanes) is 2. The molecular formula is C41H56N3O4S+. The van der Waals surface area contributed by atoms with Gasteiger partial charge < -0.3 is 19.8 Å². The summed E-state index contributed by atoms with van der Waals surface area (Å²) in [7, 11) is 0.180. The second-order valence-corrected chi connectivity index (χ2v) is 17.5. The van der Waals surface area contributed by atoms with Crippen molar-refractivity contribution in [2.75, 3.05) is 49.7 Å². The fourth-order valence-electron chi connectivity index (χ4n) is 8.93. The Balaban J connectivity index is 1.31. The van der Waals surface area contributed by atoms with Crippen LogP contribution < -0.4 is 10.2 Å². The third-order valence-corrected chi connectivity index (χ3v) is 13.9. The van der Waals surface area contributed by atoms with Gasteiger partial charge in [0.15, 0.2) is 9.84 Å². The van der Waals surface area contributed by atoms with Gasteiger partial charge in [0, 0.05) is 47.9 Å². The molecule has 2 N–H and O–H groups in total. The summed E-state index contributed by atoms with van der Waals surface area (Å²) in [6, 6.07) is 21.2. The number of nitrogens with one attached hydrogen (secondary N) is 1. The Labute approximate surface area is 294 Å². The van der Waals surface area contributed by atoms with Gasteiger partial charge in [-0.2, -0.15) is 0 Å². The van der Waals surface area contributed by atoms with Crippen molar-refractivity contribution in [3.05, 3.63) is 89.0 Å². The maximum absolute atomic E-state index is 14.2. The lowest BCUT2D eigenvalue weighted by molar-refractivity contribution is -0.955. The van der Waals surface area contributed by atoms with Crippen LogP contribution >= 0.6 is 0 Å². The van der Waals surface area contributed by atoms with Gasteiger partial charge >= 0.3 is 0 Å². The SMILES string of the molecule is CCCCC1(CCCC)CS(=O)(=O)c2ccc(N(C)C)cc2[C@@H](c2cccc(NC(=O)c3ccc(C[N+]45CCC(CC4)CC5)cc3)c2)[C@H]1O. The number of aliphatic hydroxyl groups excluding tert-OH is 1. The molecular weight excluding hydrogens is 631 g/mol. The molecule has 1 amide bonds. The molecule has 0 spiro atoms. The number of nitrogens with zero attached hydrogens (tertiary/aromatic N) is 2. The second kappa shape index (κ2) is 14.6. The summed E-state index contributed by atoms with van der Waals surface area (Å²) < 4.78 is 29.6. The molecule has 0 saturated carbocycles. The highest BCUT2D eigenvalue weighted by molar-refractivity contribution is 7.91. The molecule has 0 unspecified atom stereocenters. The van der Waals surface area contributed by atoms with Crippen molar-refractivity contribution in [3.63, 3.8) is 0 Å². The van der Waals surface area contributed by atoms with E-state index in [0.29, 0.717) is 34.6 Å². The number of rotatable bonds is 12. The molecule has 7 rings (SSSR count). The van der Waals surface area contributed by atoms with Crippen LogP contribution in [0.3, 0.4) is 0 Å². The van der Waals surface area contributed by atoms with E-state index in [2.05, 4.69) is 31.3 Å². The molecule has 0 radical (unpaired) electrons.